The number of aryl methyl sites for hydroxylation is 1. The van der Waals surface area contributed by atoms with Gasteiger partial charge in [0.1, 0.15) is 5.58 Å². The Kier molecular flexibility index (Phi) is 3.96. The Bertz CT molecular complexity index is 790. The Morgan fingerprint density at radius 1 is 1.09 bits per heavy atom. The van der Waals surface area contributed by atoms with Crippen LogP contribution in [-0.4, -0.2) is 5.91 Å². The summed E-state index contributed by atoms with van der Waals surface area (Å²) in [6.45, 7) is 3.98. The Balaban J connectivity index is 1.88. The lowest BCUT2D eigenvalue weighted by molar-refractivity contribution is 0.0909. The van der Waals surface area contributed by atoms with Gasteiger partial charge in [-0.15, -0.1) is 0 Å². The minimum Gasteiger partial charge on any atom is -0.451 e. The zero-order valence-corrected chi connectivity index (χ0v) is 12.8. The van der Waals surface area contributed by atoms with E-state index in [-0.39, 0.29) is 11.9 Å². The Morgan fingerprint density at radius 3 is 2.45 bits per heavy atom. The summed E-state index contributed by atoms with van der Waals surface area (Å²) in [5.74, 6) is 0.236. The molecule has 1 atom stereocenters. The summed E-state index contributed by atoms with van der Waals surface area (Å²) in [6.07, 6.45) is 0.828. The molecule has 1 aromatic heterocycles. The van der Waals surface area contributed by atoms with Crippen molar-refractivity contribution in [3.05, 3.63) is 71.5 Å². The van der Waals surface area contributed by atoms with Gasteiger partial charge in [-0.1, -0.05) is 55.5 Å². The van der Waals surface area contributed by atoms with E-state index >= 15 is 0 Å². The predicted octanol–water partition coefficient (Wildman–Crippen LogP) is 4.62. The van der Waals surface area contributed by atoms with Crippen LogP contribution in [0.4, 0.5) is 0 Å². The number of fused-ring (bicyclic) bond motifs is 1. The number of benzene rings is 2. The fourth-order valence-corrected chi connectivity index (χ4v) is 2.72. The summed E-state index contributed by atoms with van der Waals surface area (Å²) >= 11 is 0. The molecule has 0 saturated heterocycles. The molecule has 1 amide bonds. The SMILES string of the molecule is CCC(NC(=O)c1oc2ccccc2c1C)c1ccccc1. The van der Waals surface area contributed by atoms with Gasteiger partial charge < -0.3 is 9.73 Å². The Labute approximate surface area is 130 Å². The van der Waals surface area contributed by atoms with Crippen LogP contribution in [0.1, 0.15) is 41.1 Å². The van der Waals surface area contributed by atoms with Crippen LogP contribution in [0.2, 0.25) is 0 Å². The average Bonchev–Trinajstić information content (AvgIpc) is 2.91. The summed E-state index contributed by atoms with van der Waals surface area (Å²) in [6, 6.07) is 17.7. The van der Waals surface area contributed by atoms with Crippen LogP contribution in [0.15, 0.2) is 59.0 Å². The molecule has 0 fully saturated rings. The summed E-state index contributed by atoms with van der Waals surface area (Å²) in [5.41, 5.74) is 2.74. The highest BCUT2D eigenvalue weighted by Crippen LogP contribution is 2.26. The van der Waals surface area contributed by atoms with E-state index in [1.807, 2.05) is 61.5 Å². The van der Waals surface area contributed by atoms with Gasteiger partial charge in [0.25, 0.3) is 5.91 Å². The van der Waals surface area contributed by atoms with Crippen LogP contribution in [0.3, 0.4) is 0 Å². The predicted molar refractivity (Wildman–Crippen MR) is 87.9 cm³/mol. The molecule has 0 radical (unpaired) electrons. The van der Waals surface area contributed by atoms with Gasteiger partial charge in [0.05, 0.1) is 6.04 Å². The van der Waals surface area contributed by atoms with Crippen molar-refractivity contribution in [1.29, 1.82) is 0 Å². The first-order chi connectivity index (χ1) is 10.7. The van der Waals surface area contributed by atoms with Crippen molar-refractivity contribution in [2.75, 3.05) is 0 Å². The molecular weight excluding hydrogens is 274 g/mol. The molecule has 3 nitrogen and oxygen atoms in total. The number of hydrogen-bond acceptors (Lipinski definition) is 2. The first kappa shape index (κ1) is 14.4. The molecule has 0 aliphatic heterocycles. The van der Waals surface area contributed by atoms with Crippen molar-refractivity contribution in [1.82, 2.24) is 5.32 Å². The zero-order chi connectivity index (χ0) is 15.5. The van der Waals surface area contributed by atoms with E-state index in [0.29, 0.717) is 5.76 Å². The van der Waals surface area contributed by atoms with Crippen LogP contribution in [0.25, 0.3) is 11.0 Å². The molecule has 0 aliphatic rings. The number of carbonyl (C=O) groups excluding carboxylic acids is 1. The second kappa shape index (κ2) is 6.06. The quantitative estimate of drug-likeness (QED) is 0.762. The Hall–Kier alpha value is -2.55. The lowest BCUT2D eigenvalue weighted by Gasteiger charge is -2.16. The highest BCUT2D eigenvalue weighted by molar-refractivity contribution is 5.99. The zero-order valence-electron chi connectivity index (χ0n) is 12.8. The molecule has 0 bridgehead atoms. The van der Waals surface area contributed by atoms with Crippen LogP contribution in [0.5, 0.6) is 0 Å². The maximum Gasteiger partial charge on any atom is 0.287 e. The van der Waals surface area contributed by atoms with Crippen molar-refractivity contribution in [3.63, 3.8) is 0 Å². The molecule has 1 unspecified atom stereocenters. The number of nitrogens with one attached hydrogen (secondary N) is 1. The first-order valence-electron chi connectivity index (χ1n) is 7.54. The molecule has 1 heterocycles. The molecule has 112 valence electrons. The molecule has 3 rings (SSSR count). The second-order valence-electron chi connectivity index (χ2n) is 5.40. The fraction of sp³-hybridized carbons (Fsp3) is 0.211. The van der Waals surface area contributed by atoms with E-state index in [0.717, 1.165) is 28.5 Å². The van der Waals surface area contributed by atoms with Gasteiger partial charge in [0.15, 0.2) is 5.76 Å². The third-order valence-electron chi connectivity index (χ3n) is 3.97. The molecule has 22 heavy (non-hydrogen) atoms. The van der Waals surface area contributed by atoms with Crippen molar-refractivity contribution >= 4 is 16.9 Å². The summed E-state index contributed by atoms with van der Waals surface area (Å²) in [7, 11) is 0. The largest absolute Gasteiger partial charge is 0.451 e. The first-order valence-corrected chi connectivity index (χ1v) is 7.54. The van der Waals surface area contributed by atoms with E-state index in [9.17, 15) is 4.79 Å². The van der Waals surface area contributed by atoms with Gasteiger partial charge in [-0.25, -0.2) is 0 Å². The molecule has 2 aromatic carbocycles. The standard InChI is InChI=1S/C19H19NO2/c1-3-16(14-9-5-4-6-10-14)20-19(21)18-13(2)15-11-7-8-12-17(15)22-18/h4-12,16H,3H2,1-2H3,(H,20,21). The van der Waals surface area contributed by atoms with E-state index < -0.39 is 0 Å². The number of hydrogen-bond donors (Lipinski definition) is 1. The van der Waals surface area contributed by atoms with Gasteiger partial charge in [-0.3, -0.25) is 4.79 Å². The number of para-hydroxylation sites is 1. The van der Waals surface area contributed by atoms with E-state index in [1.54, 1.807) is 0 Å². The lowest BCUT2D eigenvalue weighted by Crippen LogP contribution is -2.28. The van der Waals surface area contributed by atoms with Crippen LogP contribution in [0, 0.1) is 6.92 Å². The van der Waals surface area contributed by atoms with Gasteiger partial charge in [-0.2, -0.15) is 0 Å². The average molecular weight is 293 g/mol. The molecule has 3 heteroatoms. The number of amides is 1. The molecular formula is C19H19NO2. The molecule has 0 saturated carbocycles. The number of rotatable bonds is 4. The Morgan fingerprint density at radius 2 is 1.77 bits per heavy atom. The van der Waals surface area contributed by atoms with Crippen LogP contribution >= 0.6 is 0 Å². The minimum atomic E-state index is -0.163. The van der Waals surface area contributed by atoms with Crippen molar-refractivity contribution in [3.8, 4) is 0 Å². The van der Waals surface area contributed by atoms with E-state index in [4.69, 9.17) is 4.42 Å². The third kappa shape index (κ3) is 2.62. The highest BCUT2D eigenvalue weighted by Gasteiger charge is 2.20. The van der Waals surface area contributed by atoms with Gasteiger partial charge in [0, 0.05) is 10.9 Å². The third-order valence-corrected chi connectivity index (χ3v) is 3.97. The summed E-state index contributed by atoms with van der Waals surface area (Å²) in [4.78, 5) is 12.6. The highest BCUT2D eigenvalue weighted by atomic mass is 16.3. The van der Waals surface area contributed by atoms with Crippen molar-refractivity contribution in [2.45, 2.75) is 26.3 Å². The lowest BCUT2D eigenvalue weighted by atomic mass is 10.0. The molecule has 0 spiro atoms. The van der Waals surface area contributed by atoms with E-state index in [1.165, 1.54) is 0 Å². The number of carbonyl (C=O) groups is 1. The van der Waals surface area contributed by atoms with Crippen LogP contribution < -0.4 is 5.32 Å². The normalized spacial score (nSPS) is 12.3. The minimum absolute atomic E-state index is 0.0127. The smallest absolute Gasteiger partial charge is 0.287 e. The van der Waals surface area contributed by atoms with E-state index in [2.05, 4.69) is 12.2 Å². The second-order valence-corrected chi connectivity index (χ2v) is 5.40. The maximum atomic E-state index is 12.6. The van der Waals surface area contributed by atoms with Gasteiger partial charge >= 0.3 is 0 Å². The maximum absolute atomic E-state index is 12.6. The van der Waals surface area contributed by atoms with Gasteiger partial charge in [-0.05, 0) is 25.0 Å². The van der Waals surface area contributed by atoms with Crippen LogP contribution in [-0.2, 0) is 0 Å². The fourth-order valence-electron chi connectivity index (χ4n) is 2.72. The topological polar surface area (TPSA) is 42.2 Å². The monoisotopic (exact) mass is 293 g/mol. The van der Waals surface area contributed by atoms with Crippen molar-refractivity contribution in [2.24, 2.45) is 0 Å². The molecule has 3 aromatic rings. The number of furan rings is 1. The summed E-state index contributed by atoms with van der Waals surface area (Å²) < 4.78 is 5.73. The van der Waals surface area contributed by atoms with Gasteiger partial charge in [0.2, 0.25) is 0 Å². The molecule has 1 N–H and O–H groups in total. The summed E-state index contributed by atoms with van der Waals surface area (Å²) in [5, 5.41) is 4.05. The molecule has 0 aliphatic carbocycles. The van der Waals surface area contributed by atoms with Crippen molar-refractivity contribution < 1.29 is 9.21 Å².